The second-order valence-corrected chi connectivity index (χ2v) is 5.87. The Hall–Kier alpha value is -2.75. The van der Waals surface area contributed by atoms with Gasteiger partial charge in [-0.15, -0.1) is 0 Å². The van der Waals surface area contributed by atoms with Crippen LogP contribution in [-0.2, 0) is 11.3 Å². The van der Waals surface area contributed by atoms with Crippen molar-refractivity contribution in [2.75, 3.05) is 13.7 Å². The van der Waals surface area contributed by atoms with Gasteiger partial charge >= 0.3 is 0 Å². The molecule has 0 atom stereocenters. The van der Waals surface area contributed by atoms with Crippen LogP contribution in [0.3, 0.4) is 0 Å². The Bertz CT molecular complexity index is 796. The number of ether oxygens (including phenoxy) is 1. The van der Waals surface area contributed by atoms with Crippen molar-refractivity contribution in [2.24, 2.45) is 0 Å². The van der Waals surface area contributed by atoms with Crippen molar-refractivity contribution in [3.8, 4) is 5.75 Å². The summed E-state index contributed by atoms with van der Waals surface area (Å²) >= 11 is 0. The van der Waals surface area contributed by atoms with Gasteiger partial charge in [-0.3, -0.25) is 4.79 Å². The van der Waals surface area contributed by atoms with Gasteiger partial charge in [-0.2, -0.15) is 0 Å². The van der Waals surface area contributed by atoms with E-state index < -0.39 is 0 Å². The number of rotatable bonds is 7. The molecule has 1 N–H and O–H groups in total. The van der Waals surface area contributed by atoms with Gasteiger partial charge in [-0.25, -0.2) is 0 Å². The van der Waals surface area contributed by atoms with Gasteiger partial charge in [0.1, 0.15) is 5.75 Å². The molecule has 0 aliphatic rings. The summed E-state index contributed by atoms with van der Waals surface area (Å²) in [7, 11) is 1.85. The van der Waals surface area contributed by atoms with Crippen molar-refractivity contribution < 1.29 is 9.53 Å². The summed E-state index contributed by atoms with van der Waals surface area (Å²) in [6.45, 7) is 1.17. The van der Waals surface area contributed by atoms with E-state index in [-0.39, 0.29) is 5.91 Å². The van der Waals surface area contributed by atoms with Crippen molar-refractivity contribution in [1.82, 2.24) is 9.88 Å². The number of fused-ring (bicyclic) bond motifs is 1. The van der Waals surface area contributed by atoms with Gasteiger partial charge in [0.05, 0.1) is 6.61 Å². The quantitative estimate of drug-likeness (QED) is 0.669. The number of amides is 1. The van der Waals surface area contributed by atoms with E-state index in [4.69, 9.17) is 4.74 Å². The van der Waals surface area contributed by atoms with Crippen LogP contribution in [0.25, 0.3) is 10.9 Å². The molecule has 0 saturated heterocycles. The maximum Gasteiger partial charge on any atom is 0.222 e. The summed E-state index contributed by atoms with van der Waals surface area (Å²) in [4.78, 5) is 17.3. The van der Waals surface area contributed by atoms with E-state index in [1.807, 2.05) is 61.8 Å². The van der Waals surface area contributed by atoms with Crippen molar-refractivity contribution in [3.63, 3.8) is 0 Å². The van der Waals surface area contributed by atoms with Crippen molar-refractivity contribution in [2.45, 2.75) is 19.4 Å². The fraction of sp³-hybridized carbons (Fsp3) is 0.250. The molecule has 2 aromatic carbocycles. The number of hydrogen-bond donors (Lipinski definition) is 1. The van der Waals surface area contributed by atoms with Crippen LogP contribution in [0.4, 0.5) is 0 Å². The third-order valence-corrected chi connectivity index (χ3v) is 4.06. The second-order valence-electron chi connectivity index (χ2n) is 5.87. The molecule has 0 radical (unpaired) electrons. The number of aromatic amines is 1. The van der Waals surface area contributed by atoms with E-state index in [2.05, 4.69) is 11.1 Å². The van der Waals surface area contributed by atoms with Crippen LogP contribution in [0.2, 0.25) is 0 Å². The predicted octanol–water partition coefficient (Wildman–Crippen LogP) is 3.99. The molecule has 24 heavy (non-hydrogen) atoms. The van der Waals surface area contributed by atoms with Gasteiger partial charge in [0.15, 0.2) is 0 Å². The third-order valence-electron chi connectivity index (χ3n) is 4.06. The first-order chi connectivity index (χ1) is 11.7. The van der Waals surface area contributed by atoms with Crippen molar-refractivity contribution >= 4 is 16.8 Å². The largest absolute Gasteiger partial charge is 0.494 e. The normalized spacial score (nSPS) is 10.7. The summed E-state index contributed by atoms with van der Waals surface area (Å²) in [6.07, 6.45) is 3.19. The van der Waals surface area contributed by atoms with Crippen LogP contribution in [-0.4, -0.2) is 29.4 Å². The highest BCUT2D eigenvalue weighted by atomic mass is 16.5. The zero-order valence-corrected chi connectivity index (χ0v) is 13.9. The van der Waals surface area contributed by atoms with Gasteiger partial charge in [0.25, 0.3) is 0 Å². The van der Waals surface area contributed by atoms with E-state index in [0.717, 1.165) is 16.8 Å². The van der Waals surface area contributed by atoms with Gasteiger partial charge in [-0.1, -0.05) is 36.4 Å². The standard InChI is InChI=1S/C20H22N2O2/c1-22(15-16-14-21-19-11-6-5-10-18(16)19)20(23)12-7-13-24-17-8-3-2-4-9-17/h2-6,8-11,14,21H,7,12-13,15H2,1H3. The van der Waals surface area contributed by atoms with Crippen LogP contribution in [0.1, 0.15) is 18.4 Å². The number of carbonyl (C=O) groups is 1. The lowest BCUT2D eigenvalue weighted by Crippen LogP contribution is -2.26. The second kappa shape index (κ2) is 7.68. The molecule has 124 valence electrons. The van der Waals surface area contributed by atoms with Crippen LogP contribution in [0.15, 0.2) is 60.8 Å². The van der Waals surface area contributed by atoms with E-state index >= 15 is 0 Å². The van der Waals surface area contributed by atoms with Crippen molar-refractivity contribution in [3.05, 3.63) is 66.4 Å². The molecule has 0 unspecified atom stereocenters. The molecule has 0 fully saturated rings. The fourth-order valence-electron chi connectivity index (χ4n) is 2.73. The molecule has 0 aliphatic carbocycles. The highest BCUT2D eigenvalue weighted by molar-refractivity contribution is 5.83. The molecule has 1 aromatic heterocycles. The molecular weight excluding hydrogens is 300 g/mol. The Morgan fingerprint density at radius 1 is 1.08 bits per heavy atom. The molecule has 0 aliphatic heterocycles. The first-order valence-corrected chi connectivity index (χ1v) is 8.21. The smallest absolute Gasteiger partial charge is 0.222 e. The first kappa shape index (κ1) is 16.1. The molecule has 4 nitrogen and oxygen atoms in total. The highest BCUT2D eigenvalue weighted by Crippen LogP contribution is 2.19. The average molecular weight is 322 g/mol. The van der Waals surface area contributed by atoms with Gasteiger partial charge in [0.2, 0.25) is 5.91 Å². The summed E-state index contributed by atoms with van der Waals surface area (Å²) in [6, 6.07) is 17.8. The molecule has 0 bridgehead atoms. The molecule has 1 amide bonds. The minimum Gasteiger partial charge on any atom is -0.494 e. The van der Waals surface area contributed by atoms with Crippen LogP contribution in [0.5, 0.6) is 5.75 Å². The number of hydrogen-bond acceptors (Lipinski definition) is 2. The average Bonchev–Trinajstić information content (AvgIpc) is 3.02. The van der Waals surface area contributed by atoms with E-state index in [0.29, 0.717) is 26.0 Å². The van der Waals surface area contributed by atoms with E-state index in [1.54, 1.807) is 4.90 Å². The minimum absolute atomic E-state index is 0.136. The Morgan fingerprint density at radius 2 is 1.83 bits per heavy atom. The fourth-order valence-corrected chi connectivity index (χ4v) is 2.73. The summed E-state index contributed by atoms with van der Waals surface area (Å²) in [5.41, 5.74) is 2.24. The molecule has 1 heterocycles. The molecule has 0 saturated carbocycles. The third kappa shape index (κ3) is 3.96. The maximum atomic E-state index is 12.3. The Morgan fingerprint density at radius 3 is 2.67 bits per heavy atom. The monoisotopic (exact) mass is 322 g/mol. The minimum atomic E-state index is 0.136. The first-order valence-electron chi connectivity index (χ1n) is 8.21. The maximum absolute atomic E-state index is 12.3. The lowest BCUT2D eigenvalue weighted by Gasteiger charge is -2.17. The molecule has 3 aromatic rings. The zero-order valence-electron chi connectivity index (χ0n) is 13.9. The van der Waals surface area contributed by atoms with Crippen LogP contribution < -0.4 is 4.74 Å². The number of benzene rings is 2. The Balaban J connectivity index is 1.46. The molecule has 0 spiro atoms. The van der Waals surface area contributed by atoms with Gasteiger partial charge in [0, 0.05) is 37.1 Å². The molecule has 4 heteroatoms. The number of para-hydroxylation sites is 2. The predicted molar refractivity (Wildman–Crippen MR) is 95.9 cm³/mol. The number of aromatic nitrogens is 1. The molecule has 3 rings (SSSR count). The number of nitrogens with zero attached hydrogens (tertiary/aromatic N) is 1. The summed E-state index contributed by atoms with van der Waals surface area (Å²) < 4.78 is 5.62. The Labute approximate surface area is 142 Å². The van der Waals surface area contributed by atoms with Gasteiger partial charge in [-0.05, 0) is 30.2 Å². The molecular formula is C20H22N2O2. The topological polar surface area (TPSA) is 45.3 Å². The summed E-state index contributed by atoms with van der Waals surface area (Å²) in [5, 5.41) is 1.17. The number of H-pyrrole nitrogens is 1. The van der Waals surface area contributed by atoms with E-state index in [9.17, 15) is 4.79 Å². The lowest BCUT2D eigenvalue weighted by molar-refractivity contribution is -0.130. The highest BCUT2D eigenvalue weighted by Gasteiger charge is 2.11. The van der Waals surface area contributed by atoms with Crippen LogP contribution >= 0.6 is 0 Å². The van der Waals surface area contributed by atoms with E-state index in [1.165, 1.54) is 5.39 Å². The van der Waals surface area contributed by atoms with Crippen LogP contribution in [0, 0.1) is 0 Å². The lowest BCUT2D eigenvalue weighted by atomic mass is 10.1. The van der Waals surface area contributed by atoms with Crippen molar-refractivity contribution in [1.29, 1.82) is 0 Å². The zero-order chi connectivity index (χ0) is 16.8. The number of nitrogens with one attached hydrogen (secondary N) is 1. The Kier molecular flexibility index (Phi) is 5.16. The van der Waals surface area contributed by atoms with Gasteiger partial charge < -0.3 is 14.6 Å². The summed E-state index contributed by atoms with van der Waals surface area (Å²) in [5.74, 6) is 0.981. The SMILES string of the molecule is CN(Cc1c[nH]c2ccccc12)C(=O)CCCOc1ccccc1. The number of carbonyl (C=O) groups excluding carboxylic acids is 1.